The van der Waals surface area contributed by atoms with E-state index in [9.17, 15) is 9.59 Å². The average molecular weight is 318 g/mol. The molecule has 0 aliphatic carbocycles. The highest BCUT2D eigenvalue weighted by atomic mass is 16.5. The van der Waals surface area contributed by atoms with Crippen LogP contribution in [-0.4, -0.2) is 50.1 Å². The number of likely N-dealkylation sites (tertiary alicyclic amines) is 1. The molecule has 0 atom stereocenters. The molecule has 2 rings (SSSR count). The van der Waals surface area contributed by atoms with Crippen LogP contribution in [0.5, 0.6) is 0 Å². The van der Waals surface area contributed by atoms with E-state index in [1.807, 2.05) is 18.2 Å². The van der Waals surface area contributed by atoms with Crippen molar-refractivity contribution < 1.29 is 14.3 Å². The van der Waals surface area contributed by atoms with Gasteiger partial charge in [-0.25, -0.2) is 0 Å². The number of aryl methyl sites for hydroxylation is 1. The Morgan fingerprint density at radius 1 is 1.22 bits per heavy atom. The topological polar surface area (TPSA) is 58.6 Å². The molecule has 1 heterocycles. The van der Waals surface area contributed by atoms with E-state index in [0.29, 0.717) is 13.1 Å². The zero-order valence-electron chi connectivity index (χ0n) is 13.8. The molecule has 1 aromatic carbocycles. The summed E-state index contributed by atoms with van der Waals surface area (Å²) < 4.78 is 4.77. The van der Waals surface area contributed by atoms with Crippen LogP contribution in [0.1, 0.15) is 24.8 Å². The summed E-state index contributed by atoms with van der Waals surface area (Å²) in [6.45, 7) is 2.67. The minimum absolute atomic E-state index is 0.00909. The number of methoxy groups -OCH3 is 1. The molecule has 1 saturated heterocycles. The molecule has 126 valence electrons. The first-order valence-electron chi connectivity index (χ1n) is 8.30. The Morgan fingerprint density at radius 3 is 2.57 bits per heavy atom. The highest BCUT2D eigenvalue weighted by molar-refractivity contribution is 5.78. The molecule has 1 aliphatic rings. The fraction of sp³-hybridized carbons (Fsp3) is 0.556. The summed E-state index contributed by atoms with van der Waals surface area (Å²) >= 11 is 0. The summed E-state index contributed by atoms with van der Waals surface area (Å²) in [5.74, 6) is -0.0743. The number of carbonyl (C=O) groups excluding carboxylic acids is 2. The van der Waals surface area contributed by atoms with E-state index in [-0.39, 0.29) is 17.8 Å². The predicted molar refractivity (Wildman–Crippen MR) is 89.0 cm³/mol. The maximum absolute atomic E-state index is 11.9. The molecule has 0 aromatic heterocycles. The van der Waals surface area contributed by atoms with Gasteiger partial charge in [-0.2, -0.15) is 0 Å². The quantitative estimate of drug-likeness (QED) is 0.613. The largest absolute Gasteiger partial charge is 0.469 e. The van der Waals surface area contributed by atoms with Gasteiger partial charge in [-0.05, 0) is 44.3 Å². The van der Waals surface area contributed by atoms with Crippen molar-refractivity contribution in [1.82, 2.24) is 10.2 Å². The second-order valence-corrected chi connectivity index (χ2v) is 6.01. The van der Waals surface area contributed by atoms with Crippen molar-refractivity contribution in [3.8, 4) is 0 Å². The van der Waals surface area contributed by atoms with Gasteiger partial charge in [-0.1, -0.05) is 30.3 Å². The van der Waals surface area contributed by atoms with Crippen LogP contribution in [-0.2, 0) is 20.7 Å². The zero-order chi connectivity index (χ0) is 16.5. The van der Waals surface area contributed by atoms with Crippen LogP contribution in [0.15, 0.2) is 30.3 Å². The third-order valence-corrected chi connectivity index (χ3v) is 4.30. The monoisotopic (exact) mass is 318 g/mol. The number of hydrogen-bond acceptors (Lipinski definition) is 4. The van der Waals surface area contributed by atoms with Gasteiger partial charge in [0.15, 0.2) is 0 Å². The third-order valence-electron chi connectivity index (χ3n) is 4.30. The van der Waals surface area contributed by atoms with Crippen LogP contribution < -0.4 is 5.32 Å². The number of carbonyl (C=O) groups is 2. The Labute approximate surface area is 138 Å². The maximum atomic E-state index is 11.9. The van der Waals surface area contributed by atoms with Crippen LogP contribution in [0.4, 0.5) is 0 Å². The van der Waals surface area contributed by atoms with Gasteiger partial charge in [0.1, 0.15) is 0 Å². The fourth-order valence-electron chi connectivity index (χ4n) is 2.92. The van der Waals surface area contributed by atoms with Gasteiger partial charge in [-0.3, -0.25) is 14.5 Å². The molecule has 0 bridgehead atoms. The average Bonchev–Trinajstić information content (AvgIpc) is 2.59. The maximum Gasteiger partial charge on any atom is 0.308 e. The standard InChI is InChI=1S/C18H26N2O3/c1-23-18(22)16-9-12-20(13-10-16)14-17(21)19-11-5-8-15-6-3-2-4-7-15/h2-4,6-7,16H,5,8-14H2,1H3,(H,19,21). The van der Waals surface area contributed by atoms with Crippen LogP contribution in [0.25, 0.3) is 0 Å². The second-order valence-electron chi connectivity index (χ2n) is 6.01. The Kier molecular flexibility index (Phi) is 7.07. The number of amides is 1. The summed E-state index contributed by atoms with van der Waals surface area (Å²) in [7, 11) is 1.43. The van der Waals surface area contributed by atoms with Crippen LogP contribution in [0.2, 0.25) is 0 Å². The van der Waals surface area contributed by atoms with Gasteiger partial charge >= 0.3 is 5.97 Å². The Bertz CT molecular complexity index is 496. The molecule has 0 unspecified atom stereocenters. The van der Waals surface area contributed by atoms with E-state index in [0.717, 1.165) is 38.8 Å². The van der Waals surface area contributed by atoms with E-state index in [2.05, 4.69) is 22.3 Å². The first-order chi connectivity index (χ1) is 11.2. The van der Waals surface area contributed by atoms with Crippen LogP contribution in [0.3, 0.4) is 0 Å². The first kappa shape index (κ1) is 17.5. The van der Waals surface area contributed by atoms with Gasteiger partial charge < -0.3 is 10.1 Å². The number of benzene rings is 1. The number of nitrogens with zero attached hydrogens (tertiary/aromatic N) is 1. The molecular formula is C18H26N2O3. The molecule has 23 heavy (non-hydrogen) atoms. The van der Waals surface area contributed by atoms with E-state index in [1.165, 1.54) is 12.7 Å². The van der Waals surface area contributed by atoms with Gasteiger partial charge in [-0.15, -0.1) is 0 Å². The lowest BCUT2D eigenvalue weighted by Gasteiger charge is -2.29. The minimum Gasteiger partial charge on any atom is -0.469 e. The lowest BCUT2D eigenvalue weighted by atomic mass is 9.97. The molecule has 1 amide bonds. The van der Waals surface area contributed by atoms with Crippen molar-refractivity contribution in [2.24, 2.45) is 5.92 Å². The fourth-order valence-corrected chi connectivity index (χ4v) is 2.92. The molecule has 1 fully saturated rings. The molecule has 1 aliphatic heterocycles. The van der Waals surface area contributed by atoms with Crippen LogP contribution >= 0.6 is 0 Å². The van der Waals surface area contributed by atoms with Crippen LogP contribution in [0, 0.1) is 5.92 Å². The van der Waals surface area contributed by atoms with E-state index < -0.39 is 0 Å². The van der Waals surface area contributed by atoms with Crippen molar-refractivity contribution in [3.05, 3.63) is 35.9 Å². The molecule has 1 N–H and O–H groups in total. The number of nitrogens with one attached hydrogen (secondary N) is 1. The van der Waals surface area contributed by atoms with Crippen molar-refractivity contribution in [3.63, 3.8) is 0 Å². The van der Waals surface area contributed by atoms with Crippen molar-refractivity contribution in [2.45, 2.75) is 25.7 Å². The van der Waals surface area contributed by atoms with Gasteiger partial charge in [0.2, 0.25) is 5.91 Å². The molecule has 5 heteroatoms. The van der Waals surface area contributed by atoms with Crippen molar-refractivity contribution in [1.29, 1.82) is 0 Å². The SMILES string of the molecule is COC(=O)C1CCN(CC(=O)NCCCc2ccccc2)CC1. The summed E-state index contributed by atoms with van der Waals surface area (Å²) in [5, 5.41) is 2.97. The molecule has 0 radical (unpaired) electrons. The molecule has 0 saturated carbocycles. The Balaban J connectivity index is 1.58. The summed E-state index contributed by atoms with van der Waals surface area (Å²) in [4.78, 5) is 25.5. The number of rotatable bonds is 7. The smallest absolute Gasteiger partial charge is 0.308 e. The Hall–Kier alpha value is -1.88. The minimum atomic E-state index is -0.130. The van der Waals surface area contributed by atoms with Gasteiger partial charge in [0.05, 0.1) is 19.6 Å². The summed E-state index contributed by atoms with van der Waals surface area (Å²) in [6.07, 6.45) is 3.47. The summed E-state index contributed by atoms with van der Waals surface area (Å²) in [5.41, 5.74) is 1.30. The number of ether oxygens (including phenoxy) is 1. The normalized spacial score (nSPS) is 16.0. The Morgan fingerprint density at radius 2 is 1.91 bits per heavy atom. The second kappa shape index (κ2) is 9.30. The number of piperidine rings is 1. The zero-order valence-corrected chi connectivity index (χ0v) is 13.8. The number of esters is 1. The third kappa shape index (κ3) is 6.02. The number of hydrogen-bond donors (Lipinski definition) is 1. The first-order valence-corrected chi connectivity index (χ1v) is 8.30. The van der Waals surface area contributed by atoms with E-state index >= 15 is 0 Å². The lowest BCUT2D eigenvalue weighted by Crippen LogP contribution is -2.43. The highest BCUT2D eigenvalue weighted by Gasteiger charge is 2.26. The van der Waals surface area contributed by atoms with E-state index in [4.69, 9.17) is 4.74 Å². The van der Waals surface area contributed by atoms with Crippen molar-refractivity contribution >= 4 is 11.9 Å². The van der Waals surface area contributed by atoms with Crippen molar-refractivity contribution in [2.75, 3.05) is 33.3 Å². The highest BCUT2D eigenvalue weighted by Crippen LogP contribution is 2.17. The van der Waals surface area contributed by atoms with E-state index in [1.54, 1.807) is 0 Å². The summed E-state index contributed by atoms with van der Waals surface area (Å²) in [6, 6.07) is 10.3. The lowest BCUT2D eigenvalue weighted by molar-refractivity contribution is -0.147. The van der Waals surface area contributed by atoms with Gasteiger partial charge in [0, 0.05) is 6.54 Å². The molecule has 0 spiro atoms. The van der Waals surface area contributed by atoms with Gasteiger partial charge in [0.25, 0.3) is 0 Å². The molecule has 1 aromatic rings. The molecule has 5 nitrogen and oxygen atoms in total. The predicted octanol–water partition coefficient (Wildman–Crippen LogP) is 1.62. The molecular weight excluding hydrogens is 292 g/mol.